The number of benzene rings is 1. The number of nitrogens with one attached hydrogen (secondary N) is 2. The maximum absolute atomic E-state index is 6.23. The molecule has 0 unspecified atom stereocenters. The minimum Gasteiger partial charge on any atom is -0.330 e. The summed E-state index contributed by atoms with van der Waals surface area (Å²) in [6.07, 6.45) is 9.16. The molecule has 3 heterocycles. The van der Waals surface area contributed by atoms with Crippen LogP contribution in [0.15, 0.2) is 55.2 Å². The third-order valence-corrected chi connectivity index (χ3v) is 5.48. The van der Waals surface area contributed by atoms with Crippen LogP contribution < -0.4 is 10.6 Å². The lowest BCUT2D eigenvalue weighted by atomic mass is 10.2. The first-order chi connectivity index (χ1) is 15.0. The van der Waals surface area contributed by atoms with Gasteiger partial charge in [-0.05, 0) is 37.7 Å². The lowest BCUT2D eigenvalue weighted by Gasteiger charge is -2.07. The molecule has 0 amide bonds. The standard InChI is InChI=1S/C21H23ClN8S/c1-3-30-15(2)17(8-25-30)12-29-14-19(10-24-29)27-21(31)26-18-9-23-28(13-18)11-16-6-4-5-7-20(16)22/h4-10,13-14H,3,11-12H2,1-2H3,(H2,26,27,31). The molecule has 2 N–H and O–H groups in total. The summed E-state index contributed by atoms with van der Waals surface area (Å²) in [7, 11) is 0. The van der Waals surface area contributed by atoms with Crippen molar-refractivity contribution in [2.75, 3.05) is 10.6 Å². The van der Waals surface area contributed by atoms with Gasteiger partial charge >= 0.3 is 0 Å². The Morgan fingerprint density at radius 3 is 2.13 bits per heavy atom. The van der Waals surface area contributed by atoms with Crippen LogP contribution >= 0.6 is 23.8 Å². The number of hydrogen-bond donors (Lipinski definition) is 2. The van der Waals surface area contributed by atoms with Crippen LogP contribution in [-0.2, 0) is 19.6 Å². The van der Waals surface area contributed by atoms with Crippen LogP contribution in [0.25, 0.3) is 0 Å². The Morgan fingerprint density at radius 1 is 0.935 bits per heavy atom. The average molecular weight is 455 g/mol. The number of nitrogens with zero attached hydrogens (tertiary/aromatic N) is 6. The summed E-state index contributed by atoms with van der Waals surface area (Å²) >= 11 is 11.7. The van der Waals surface area contributed by atoms with E-state index in [0.29, 0.717) is 18.2 Å². The van der Waals surface area contributed by atoms with Gasteiger partial charge in [0, 0.05) is 35.2 Å². The van der Waals surface area contributed by atoms with Crippen LogP contribution in [0.3, 0.4) is 0 Å². The van der Waals surface area contributed by atoms with Crippen molar-refractivity contribution in [3.8, 4) is 0 Å². The largest absolute Gasteiger partial charge is 0.330 e. The molecule has 1 aromatic carbocycles. The fourth-order valence-electron chi connectivity index (χ4n) is 3.26. The third kappa shape index (κ3) is 5.12. The van der Waals surface area contributed by atoms with Gasteiger partial charge in [0.25, 0.3) is 0 Å². The number of halogens is 1. The minimum absolute atomic E-state index is 0.465. The molecule has 3 aromatic heterocycles. The molecular weight excluding hydrogens is 432 g/mol. The van der Waals surface area contributed by atoms with Gasteiger partial charge in [-0.2, -0.15) is 15.3 Å². The van der Waals surface area contributed by atoms with Gasteiger partial charge < -0.3 is 10.6 Å². The number of anilines is 2. The van der Waals surface area contributed by atoms with E-state index in [2.05, 4.69) is 39.8 Å². The molecule has 4 rings (SSSR count). The number of aromatic nitrogens is 6. The number of rotatable bonds is 7. The highest BCUT2D eigenvalue weighted by Crippen LogP contribution is 2.17. The van der Waals surface area contributed by atoms with Crippen LogP contribution in [0.5, 0.6) is 0 Å². The maximum Gasteiger partial charge on any atom is 0.175 e. The van der Waals surface area contributed by atoms with E-state index in [1.165, 1.54) is 0 Å². The van der Waals surface area contributed by atoms with Gasteiger partial charge in [-0.3, -0.25) is 14.0 Å². The summed E-state index contributed by atoms with van der Waals surface area (Å²) in [5.74, 6) is 0. The predicted octanol–water partition coefficient (Wildman–Crippen LogP) is 4.16. The summed E-state index contributed by atoms with van der Waals surface area (Å²) in [6.45, 7) is 6.24. The van der Waals surface area contributed by atoms with Gasteiger partial charge in [0.15, 0.2) is 5.11 Å². The highest BCUT2D eigenvalue weighted by atomic mass is 35.5. The van der Waals surface area contributed by atoms with E-state index in [-0.39, 0.29) is 0 Å². The molecule has 0 fully saturated rings. The normalized spacial score (nSPS) is 10.9. The highest BCUT2D eigenvalue weighted by molar-refractivity contribution is 7.80. The van der Waals surface area contributed by atoms with Crippen molar-refractivity contribution in [3.05, 3.63) is 77.1 Å². The Balaban J connectivity index is 1.33. The van der Waals surface area contributed by atoms with E-state index in [9.17, 15) is 0 Å². The molecule has 0 aliphatic carbocycles. The Hall–Kier alpha value is -3.17. The van der Waals surface area contributed by atoms with Crippen molar-refractivity contribution >= 4 is 40.3 Å². The van der Waals surface area contributed by atoms with Crippen LogP contribution in [0.4, 0.5) is 11.4 Å². The van der Waals surface area contributed by atoms with Crippen molar-refractivity contribution in [1.82, 2.24) is 29.3 Å². The molecule has 0 aliphatic heterocycles. The van der Waals surface area contributed by atoms with Gasteiger partial charge in [-0.25, -0.2) is 0 Å². The topological polar surface area (TPSA) is 77.5 Å². The average Bonchev–Trinajstić information content (AvgIpc) is 3.46. The zero-order valence-corrected chi connectivity index (χ0v) is 18.9. The molecule has 8 nitrogen and oxygen atoms in total. The maximum atomic E-state index is 6.23. The lowest BCUT2D eigenvalue weighted by molar-refractivity contribution is 0.633. The molecule has 0 atom stereocenters. The van der Waals surface area contributed by atoms with Crippen LogP contribution in [0.1, 0.15) is 23.7 Å². The van der Waals surface area contributed by atoms with E-state index in [4.69, 9.17) is 23.8 Å². The SMILES string of the molecule is CCn1ncc(Cn2cc(NC(=S)Nc3cnn(Cc4ccccc4Cl)c3)cn2)c1C. The molecular formula is C21H23ClN8S. The van der Waals surface area contributed by atoms with Gasteiger partial charge in [-0.15, -0.1) is 0 Å². The van der Waals surface area contributed by atoms with Gasteiger partial charge in [0.2, 0.25) is 0 Å². The molecule has 10 heteroatoms. The van der Waals surface area contributed by atoms with Crippen molar-refractivity contribution in [3.63, 3.8) is 0 Å². The molecule has 0 aliphatic rings. The Bertz CT molecular complexity index is 1190. The first-order valence-electron chi connectivity index (χ1n) is 9.89. The smallest absolute Gasteiger partial charge is 0.175 e. The Morgan fingerprint density at radius 2 is 1.55 bits per heavy atom. The van der Waals surface area contributed by atoms with Crippen LogP contribution in [0, 0.1) is 6.92 Å². The Labute approximate surface area is 190 Å². The quantitative estimate of drug-likeness (QED) is 0.408. The summed E-state index contributed by atoms with van der Waals surface area (Å²) < 4.78 is 5.64. The van der Waals surface area contributed by atoms with E-state index >= 15 is 0 Å². The Kier molecular flexibility index (Phi) is 6.34. The van der Waals surface area contributed by atoms with Crippen molar-refractivity contribution in [1.29, 1.82) is 0 Å². The molecule has 160 valence electrons. The molecule has 0 radical (unpaired) electrons. The number of hydrogen-bond acceptors (Lipinski definition) is 4. The summed E-state index contributed by atoms with van der Waals surface area (Å²) in [5, 5.41) is 20.6. The second kappa shape index (κ2) is 9.32. The van der Waals surface area contributed by atoms with Gasteiger partial charge in [0.05, 0.1) is 43.1 Å². The van der Waals surface area contributed by atoms with Crippen molar-refractivity contribution < 1.29 is 0 Å². The van der Waals surface area contributed by atoms with Gasteiger partial charge in [0.1, 0.15) is 0 Å². The molecule has 31 heavy (non-hydrogen) atoms. The highest BCUT2D eigenvalue weighted by Gasteiger charge is 2.09. The summed E-state index contributed by atoms with van der Waals surface area (Å²) in [6, 6.07) is 7.72. The minimum atomic E-state index is 0.465. The predicted molar refractivity (Wildman–Crippen MR) is 127 cm³/mol. The van der Waals surface area contributed by atoms with Crippen LogP contribution in [0.2, 0.25) is 5.02 Å². The first kappa shape index (κ1) is 21.1. The monoisotopic (exact) mass is 454 g/mol. The molecule has 4 aromatic rings. The second-order valence-electron chi connectivity index (χ2n) is 7.09. The van der Waals surface area contributed by atoms with Gasteiger partial charge in [-0.1, -0.05) is 29.8 Å². The fourth-order valence-corrected chi connectivity index (χ4v) is 3.69. The molecule has 0 bridgehead atoms. The van der Waals surface area contributed by atoms with Crippen LogP contribution in [-0.4, -0.2) is 34.5 Å². The molecule has 0 saturated carbocycles. The van der Waals surface area contributed by atoms with E-state index in [1.807, 2.05) is 56.9 Å². The van der Waals surface area contributed by atoms with E-state index < -0.39 is 0 Å². The van der Waals surface area contributed by atoms with Crippen molar-refractivity contribution in [2.45, 2.75) is 33.5 Å². The first-order valence-corrected chi connectivity index (χ1v) is 10.7. The molecule has 0 spiro atoms. The summed E-state index contributed by atoms with van der Waals surface area (Å²) in [4.78, 5) is 0. The zero-order chi connectivity index (χ0) is 21.8. The lowest BCUT2D eigenvalue weighted by Crippen LogP contribution is -2.18. The second-order valence-corrected chi connectivity index (χ2v) is 7.91. The summed E-state index contributed by atoms with van der Waals surface area (Å²) in [5.41, 5.74) is 4.90. The molecule has 0 saturated heterocycles. The van der Waals surface area contributed by atoms with Crippen molar-refractivity contribution in [2.24, 2.45) is 0 Å². The van der Waals surface area contributed by atoms with E-state index in [1.54, 1.807) is 12.4 Å². The fraction of sp³-hybridized carbons (Fsp3) is 0.238. The third-order valence-electron chi connectivity index (χ3n) is 4.91. The van der Waals surface area contributed by atoms with E-state index in [0.717, 1.165) is 39.8 Å². The zero-order valence-electron chi connectivity index (χ0n) is 17.3. The number of aryl methyl sites for hydroxylation is 1. The number of thiocarbonyl (C=S) groups is 1.